The number of hydrogen-bond donors (Lipinski definition) is 0. The van der Waals surface area contributed by atoms with Gasteiger partial charge < -0.3 is 14.3 Å². The Balaban J connectivity index is 1.54. The Morgan fingerprint density at radius 1 is 1.22 bits per heavy atom. The molecular weight excluding hydrogens is 344 g/mol. The van der Waals surface area contributed by atoms with Crippen LogP contribution in [0.1, 0.15) is 36.5 Å². The first-order valence-corrected chi connectivity index (χ1v) is 9.54. The molecule has 142 valence electrons. The molecule has 0 radical (unpaired) electrons. The van der Waals surface area contributed by atoms with E-state index >= 15 is 0 Å². The minimum Gasteiger partial charge on any atom is -0.339 e. The molecule has 1 aromatic carbocycles. The molecule has 1 aliphatic carbocycles. The van der Waals surface area contributed by atoms with Gasteiger partial charge in [-0.25, -0.2) is 0 Å². The van der Waals surface area contributed by atoms with E-state index in [4.69, 9.17) is 4.52 Å². The molecule has 0 N–H and O–H groups in total. The van der Waals surface area contributed by atoms with Gasteiger partial charge in [0.15, 0.2) is 5.82 Å². The molecule has 2 aliphatic rings. The van der Waals surface area contributed by atoms with Gasteiger partial charge in [0, 0.05) is 25.6 Å². The molecular formula is C20H24N4O3. The van der Waals surface area contributed by atoms with E-state index in [1.807, 2.05) is 35.2 Å². The molecule has 1 aliphatic heterocycles. The third-order valence-electron chi connectivity index (χ3n) is 5.48. The SMILES string of the molecule is Cc1noc(CC2C(=O)N(Cc3ccccc3)CCN2C(=O)C2CCC2)n1. The summed E-state index contributed by atoms with van der Waals surface area (Å²) in [4.78, 5) is 33.9. The number of nitrogens with zero attached hydrogens (tertiary/aromatic N) is 4. The topological polar surface area (TPSA) is 79.5 Å². The summed E-state index contributed by atoms with van der Waals surface area (Å²) in [5, 5.41) is 3.81. The quantitative estimate of drug-likeness (QED) is 0.806. The molecule has 1 saturated carbocycles. The molecule has 1 unspecified atom stereocenters. The lowest BCUT2D eigenvalue weighted by atomic mass is 9.83. The first-order valence-electron chi connectivity index (χ1n) is 9.54. The normalized spacial score (nSPS) is 20.6. The van der Waals surface area contributed by atoms with Crippen molar-refractivity contribution in [1.82, 2.24) is 19.9 Å². The zero-order valence-electron chi connectivity index (χ0n) is 15.5. The lowest BCUT2D eigenvalue weighted by Crippen LogP contribution is -2.60. The van der Waals surface area contributed by atoms with Crippen molar-refractivity contribution in [1.29, 1.82) is 0 Å². The minimum atomic E-state index is -0.574. The van der Waals surface area contributed by atoms with Gasteiger partial charge in [-0.2, -0.15) is 4.98 Å². The first-order chi connectivity index (χ1) is 13.1. The second-order valence-electron chi connectivity index (χ2n) is 7.36. The highest BCUT2D eigenvalue weighted by atomic mass is 16.5. The number of hydrogen-bond acceptors (Lipinski definition) is 5. The van der Waals surface area contributed by atoms with Crippen molar-refractivity contribution in [2.75, 3.05) is 13.1 Å². The third kappa shape index (κ3) is 3.72. The zero-order valence-corrected chi connectivity index (χ0v) is 15.5. The Morgan fingerprint density at radius 2 is 2.00 bits per heavy atom. The number of aryl methyl sites for hydroxylation is 1. The highest BCUT2D eigenvalue weighted by molar-refractivity contribution is 5.90. The van der Waals surface area contributed by atoms with Crippen LogP contribution in [0.3, 0.4) is 0 Å². The Kier molecular flexibility index (Phi) is 4.92. The van der Waals surface area contributed by atoms with Crippen LogP contribution in [-0.4, -0.2) is 50.9 Å². The van der Waals surface area contributed by atoms with Gasteiger partial charge in [-0.1, -0.05) is 41.9 Å². The lowest BCUT2D eigenvalue weighted by Gasteiger charge is -2.42. The standard InChI is InChI=1S/C20H24N4O3/c1-14-21-18(27-22-14)12-17-20(26)23(13-15-6-3-2-4-7-15)10-11-24(17)19(25)16-8-5-9-16/h2-4,6-7,16-17H,5,8-13H2,1H3. The van der Waals surface area contributed by atoms with Crippen molar-refractivity contribution >= 4 is 11.8 Å². The van der Waals surface area contributed by atoms with E-state index in [1.165, 1.54) is 0 Å². The van der Waals surface area contributed by atoms with Crippen molar-refractivity contribution in [2.45, 2.75) is 45.2 Å². The third-order valence-corrected chi connectivity index (χ3v) is 5.48. The summed E-state index contributed by atoms with van der Waals surface area (Å²) < 4.78 is 5.23. The summed E-state index contributed by atoms with van der Waals surface area (Å²) in [7, 11) is 0. The van der Waals surface area contributed by atoms with Crippen LogP contribution in [0.25, 0.3) is 0 Å². The monoisotopic (exact) mass is 368 g/mol. The van der Waals surface area contributed by atoms with E-state index in [0.717, 1.165) is 24.8 Å². The number of carbonyl (C=O) groups is 2. The Hall–Kier alpha value is -2.70. The predicted molar refractivity (Wildman–Crippen MR) is 97.4 cm³/mol. The predicted octanol–water partition coefficient (Wildman–Crippen LogP) is 1.96. The molecule has 2 aromatic rings. The second-order valence-corrected chi connectivity index (χ2v) is 7.36. The summed E-state index contributed by atoms with van der Waals surface area (Å²) in [5.74, 6) is 1.04. The number of carbonyl (C=O) groups excluding carboxylic acids is 2. The van der Waals surface area contributed by atoms with E-state index in [0.29, 0.717) is 31.3 Å². The maximum Gasteiger partial charge on any atom is 0.246 e. The summed E-state index contributed by atoms with van der Waals surface area (Å²) in [6.07, 6.45) is 3.20. The van der Waals surface area contributed by atoms with Gasteiger partial charge in [0.25, 0.3) is 0 Å². The van der Waals surface area contributed by atoms with Gasteiger partial charge in [-0.15, -0.1) is 0 Å². The largest absolute Gasteiger partial charge is 0.339 e. The highest BCUT2D eigenvalue weighted by Crippen LogP contribution is 2.30. The molecule has 7 nitrogen and oxygen atoms in total. The van der Waals surface area contributed by atoms with Gasteiger partial charge in [-0.3, -0.25) is 9.59 Å². The smallest absolute Gasteiger partial charge is 0.246 e. The van der Waals surface area contributed by atoms with Crippen molar-refractivity contribution in [3.8, 4) is 0 Å². The van der Waals surface area contributed by atoms with Gasteiger partial charge in [0.05, 0.1) is 6.42 Å². The molecule has 1 saturated heterocycles. The molecule has 0 spiro atoms. The van der Waals surface area contributed by atoms with Crippen LogP contribution < -0.4 is 0 Å². The van der Waals surface area contributed by atoms with E-state index in [1.54, 1.807) is 11.8 Å². The number of aromatic nitrogens is 2. The number of benzene rings is 1. The fourth-order valence-electron chi connectivity index (χ4n) is 3.74. The Morgan fingerprint density at radius 3 is 2.63 bits per heavy atom. The maximum absolute atomic E-state index is 13.2. The Bertz CT molecular complexity index is 816. The molecule has 1 atom stereocenters. The van der Waals surface area contributed by atoms with Crippen LogP contribution in [0.4, 0.5) is 0 Å². The second kappa shape index (κ2) is 7.50. The zero-order chi connectivity index (χ0) is 18.8. The molecule has 4 rings (SSSR count). The van der Waals surface area contributed by atoms with Crippen LogP contribution >= 0.6 is 0 Å². The van der Waals surface area contributed by atoms with Crippen LogP contribution in [0.15, 0.2) is 34.9 Å². The maximum atomic E-state index is 13.2. The van der Waals surface area contributed by atoms with Gasteiger partial charge >= 0.3 is 0 Å². The molecule has 7 heteroatoms. The molecule has 0 bridgehead atoms. The molecule has 1 aromatic heterocycles. The molecule has 2 heterocycles. The molecule has 27 heavy (non-hydrogen) atoms. The molecule has 2 fully saturated rings. The highest BCUT2D eigenvalue weighted by Gasteiger charge is 2.41. The Labute approximate surface area is 158 Å². The first kappa shape index (κ1) is 17.7. The van der Waals surface area contributed by atoms with Crippen LogP contribution in [0.5, 0.6) is 0 Å². The van der Waals surface area contributed by atoms with E-state index in [9.17, 15) is 9.59 Å². The van der Waals surface area contributed by atoms with Crippen LogP contribution in [0.2, 0.25) is 0 Å². The number of rotatable bonds is 5. The summed E-state index contributed by atoms with van der Waals surface area (Å²) in [6.45, 7) is 3.39. The van der Waals surface area contributed by atoms with E-state index in [2.05, 4.69) is 10.1 Å². The summed E-state index contributed by atoms with van der Waals surface area (Å²) >= 11 is 0. The van der Waals surface area contributed by atoms with Crippen LogP contribution in [0, 0.1) is 12.8 Å². The molecule has 2 amide bonds. The summed E-state index contributed by atoms with van der Waals surface area (Å²) in [6, 6.07) is 9.34. The number of piperazine rings is 1. The van der Waals surface area contributed by atoms with Crippen molar-refractivity contribution < 1.29 is 14.1 Å². The van der Waals surface area contributed by atoms with Gasteiger partial charge in [0.1, 0.15) is 6.04 Å². The lowest BCUT2D eigenvalue weighted by molar-refractivity contribution is -0.155. The van der Waals surface area contributed by atoms with Crippen molar-refractivity contribution in [2.24, 2.45) is 5.92 Å². The van der Waals surface area contributed by atoms with E-state index < -0.39 is 6.04 Å². The minimum absolute atomic E-state index is 0.0476. The summed E-state index contributed by atoms with van der Waals surface area (Å²) in [5.41, 5.74) is 1.08. The number of amides is 2. The van der Waals surface area contributed by atoms with Crippen molar-refractivity contribution in [3.63, 3.8) is 0 Å². The fourth-order valence-corrected chi connectivity index (χ4v) is 3.74. The fraction of sp³-hybridized carbons (Fsp3) is 0.500. The average Bonchev–Trinajstić information content (AvgIpc) is 3.03. The average molecular weight is 368 g/mol. The van der Waals surface area contributed by atoms with E-state index in [-0.39, 0.29) is 24.2 Å². The van der Waals surface area contributed by atoms with Crippen molar-refractivity contribution in [3.05, 3.63) is 47.6 Å². The van der Waals surface area contributed by atoms with Crippen LogP contribution in [-0.2, 0) is 22.6 Å². The van der Waals surface area contributed by atoms with Gasteiger partial charge in [0.2, 0.25) is 17.7 Å². The van der Waals surface area contributed by atoms with Gasteiger partial charge in [-0.05, 0) is 25.3 Å².